The molecule has 0 N–H and O–H groups in total. The van der Waals surface area contributed by atoms with Gasteiger partial charge < -0.3 is 9.22 Å². The predicted molar refractivity (Wildman–Crippen MR) is 40.1 cm³/mol. The summed E-state index contributed by atoms with van der Waals surface area (Å²) >= 11 is 0. The molecule has 1 spiro atoms. The molecular formula is C8H14NO2+. The van der Waals surface area contributed by atoms with Gasteiger partial charge in [0.1, 0.15) is 19.6 Å². The van der Waals surface area contributed by atoms with Crippen molar-refractivity contribution in [3.63, 3.8) is 0 Å². The van der Waals surface area contributed by atoms with E-state index in [0.29, 0.717) is 11.8 Å². The Kier molecular flexibility index (Phi) is 1.51. The van der Waals surface area contributed by atoms with Crippen LogP contribution in [0.1, 0.15) is 6.92 Å². The number of Topliss-reactive ketones (excluding diaryl/α,β-unsaturated/α-hetero) is 1. The molecule has 3 nitrogen and oxygen atoms in total. The van der Waals surface area contributed by atoms with E-state index in [0.717, 1.165) is 37.3 Å². The Hall–Kier alpha value is -0.410. The van der Waals surface area contributed by atoms with Crippen molar-refractivity contribution in [3.05, 3.63) is 0 Å². The Morgan fingerprint density at radius 3 is 2.55 bits per heavy atom. The van der Waals surface area contributed by atoms with Crippen molar-refractivity contribution in [1.29, 1.82) is 0 Å². The monoisotopic (exact) mass is 156 g/mol. The van der Waals surface area contributed by atoms with Crippen LogP contribution in [0.2, 0.25) is 0 Å². The van der Waals surface area contributed by atoms with Gasteiger partial charge in [-0.15, -0.1) is 0 Å². The molecule has 1 atom stereocenters. The van der Waals surface area contributed by atoms with Crippen LogP contribution in [-0.2, 0) is 9.53 Å². The van der Waals surface area contributed by atoms with Crippen LogP contribution >= 0.6 is 0 Å². The lowest BCUT2D eigenvalue weighted by Gasteiger charge is -2.24. The highest BCUT2D eigenvalue weighted by molar-refractivity contribution is 5.82. The lowest BCUT2D eigenvalue weighted by Crippen LogP contribution is -2.42. The summed E-state index contributed by atoms with van der Waals surface area (Å²) in [6.07, 6.45) is 0. The third-order valence-corrected chi connectivity index (χ3v) is 2.90. The minimum Gasteiger partial charge on any atom is -0.370 e. The Bertz CT molecular complexity index is 185. The van der Waals surface area contributed by atoms with E-state index >= 15 is 0 Å². The molecule has 62 valence electrons. The van der Waals surface area contributed by atoms with E-state index in [4.69, 9.17) is 4.74 Å². The first-order valence-corrected chi connectivity index (χ1v) is 4.19. The van der Waals surface area contributed by atoms with E-state index in [1.165, 1.54) is 0 Å². The first-order valence-electron chi connectivity index (χ1n) is 4.19. The van der Waals surface area contributed by atoms with Crippen LogP contribution < -0.4 is 0 Å². The van der Waals surface area contributed by atoms with Crippen LogP contribution in [0.25, 0.3) is 0 Å². The Labute approximate surface area is 66.5 Å². The molecular weight excluding hydrogens is 142 g/mol. The molecule has 0 amide bonds. The lowest BCUT2D eigenvalue weighted by molar-refractivity contribution is -0.818. The molecule has 0 saturated carbocycles. The number of rotatable bonds is 1. The van der Waals surface area contributed by atoms with Gasteiger partial charge in [-0.25, -0.2) is 0 Å². The average molecular weight is 156 g/mol. The van der Waals surface area contributed by atoms with Gasteiger partial charge in [0.05, 0.1) is 13.2 Å². The molecule has 2 aliphatic rings. The summed E-state index contributed by atoms with van der Waals surface area (Å²) in [5.74, 6) is 0.354. The molecule has 2 rings (SSSR count). The smallest absolute Gasteiger partial charge is 0.197 e. The van der Waals surface area contributed by atoms with Crippen LogP contribution in [0.15, 0.2) is 0 Å². The van der Waals surface area contributed by atoms with Crippen LogP contribution in [0, 0.1) is 0 Å². The average Bonchev–Trinajstić information content (AvgIpc) is 2.66. The maximum atomic E-state index is 11.0. The van der Waals surface area contributed by atoms with Crippen molar-refractivity contribution in [2.75, 3.05) is 32.8 Å². The maximum Gasteiger partial charge on any atom is 0.197 e. The molecule has 2 fully saturated rings. The van der Waals surface area contributed by atoms with Crippen LogP contribution in [0.3, 0.4) is 0 Å². The minimum atomic E-state index is 0.318. The zero-order valence-electron chi connectivity index (χ0n) is 6.88. The van der Waals surface area contributed by atoms with Gasteiger partial charge in [0, 0.05) is 6.92 Å². The lowest BCUT2D eigenvalue weighted by atomic mass is 10.3. The second-order valence-corrected chi connectivity index (χ2v) is 3.59. The number of ketones is 1. The number of morpholine rings is 1. The number of hydrogen-bond acceptors (Lipinski definition) is 2. The molecule has 0 bridgehead atoms. The Morgan fingerprint density at radius 2 is 2.09 bits per heavy atom. The summed E-state index contributed by atoms with van der Waals surface area (Å²) in [4.78, 5) is 11.0. The van der Waals surface area contributed by atoms with Gasteiger partial charge in [-0.2, -0.15) is 0 Å². The van der Waals surface area contributed by atoms with Crippen LogP contribution in [0.4, 0.5) is 0 Å². The predicted octanol–water partition coefficient (Wildman–Crippen LogP) is -0.195. The maximum absolute atomic E-state index is 11.0. The normalized spacial score (nSPS) is 33.7. The fraction of sp³-hybridized carbons (Fsp3) is 0.875. The molecule has 0 aromatic heterocycles. The number of hydrogen-bond donors (Lipinski definition) is 0. The summed E-state index contributed by atoms with van der Waals surface area (Å²) < 4.78 is 6.27. The van der Waals surface area contributed by atoms with Crippen molar-refractivity contribution < 1.29 is 14.0 Å². The van der Waals surface area contributed by atoms with Crippen molar-refractivity contribution in [2.45, 2.75) is 13.0 Å². The van der Waals surface area contributed by atoms with E-state index in [1.54, 1.807) is 6.92 Å². The number of quaternary nitrogens is 1. The van der Waals surface area contributed by atoms with Gasteiger partial charge >= 0.3 is 0 Å². The first kappa shape index (κ1) is 7.25. The summed E-state index contributed by atoms with van der Waals surface area (Å²) in [5.41, 5.74) is 0. The van der Waals surface area contributed by atoms with E-state index in [1.807, 2.05) is 0 Å². The molecule has 2 aliphatic heterocycles. The Balaban J connectivity index is 1.99. The Morgan fingerprint density at radius 1 is 1.45 bits per heavy atom. The molecule has 0 radical (unpaired) electrons. The van der Waals surface area contributed by atoms with E-state index in [9.17, 15) is 4.79 Å². The minimum absolute atomic E-state index is 0.318. The van der Waals surface area contributed by atoms with Gasteiger partial charge in [-0.3, -0.25) is 4.79 Å². The fourth-order valence-corrected chi connectivity index (χ4v) is 2.01. The van der Waals surface area contributed by atoms with Gasteiger partial charge in [0.15, 0.2) is 11.8 Å². The third kappa shape index (κ3) is 1.08. The van der Waals surface area contributed by atoms with Crippen LogP contribution in [-0.4, -0.2) is 49.2 Å². The van der Waals surface area contributed by atoms with Crippen molar-refractivity contribution in [2.24, 2.45) is 0 Å². The van der Waals surface area contributed by atoms with E-state index in [-0.39, 0.29) is 0 Å². The van der Waals surface area contributed by atoms with Gasteiger partial charge in [-0.1, -0.05) is 0 Å². The van der Waals surface area contributed by atoms with Crippen molar-refractivity contribution in [1.82, 2.24) is 0 Å². The third-order valence-electron chi connectivity index (χ3n) is 2.90. The van der Waals surface area contributed by atoms with Crippen LogP contribution in [0.5, 0.6) is 0 Å². The molecule has 2 heterocycles. The summed E-state index contributed by atoms with van der Waals surface area (Å²) in [7, 11) is 0. The summed E-state index contributed by atoms with van der Waals surface area (Å²) in [6, 6.07) is 0.318. The van der Waals surface area contributed by atoms with Gasteiger partial charge in [0.25, 0.3) is 0 Å². The van der Waals surface area contributed by atoms with Gasteiger partial charge in [0.2, 0.25) is 0 Å². The summed E-state index contributed by atoms with van der Waals surface area (Å²) in [5, 5.41) is 0. The van der Waals surface area contributed by atoms with Gasteiger partial charge in [-0.05, 0) is 0 Å². The SMILES string of the molecule is CC(=O)C1C[N+]12CCOCC2. The highest BCUT2D eigenvalue weighted by atomic mass is 16.5. The molecule has 2 saturated heterocycles. The second-order valence-electron chi connectivity index (χ2n) is 3.59. The standard InChI is InChI=1S/C8H14NO2/c1-7(10)8-6-9(8)2-4-11-5-3-9/h8H,2-6H2,1H3/q+1. The highest BCUT2D eigenvalue weighted by Gasteiger charge is 2.57. The summed E-state index contributed by atoms with van der Waals surface area (Å²) in [6.45, 7) is 6.54. The molecule has 11 heavy (non-hydrogen) atoms. The number of carbonyl (C=O) groups excluding carboxylic acids is 1. The molecule has 0 aromatic rings. The van der Waals surface area contributed by atoms with Crippen molar-refractivity contribution >= 4 is 5.78 Å². The largest absolute Gasteiger partial charge is 0.370 e. The highest BCUT2D eigenvalue weighted by Crippen LogP contribution is 2.32. The van der Waals surface area contributed by atoms with Crippen molar-refractivity contribution in [3.8, 4) is 0 Å². The second kappa shape index (κ2) is 2.29. The quantitative estimate of drug-likeness (QED) is 0.388. The molecule has 0 aromatic carbocycles. The number of carbonyl (C=O) groups is 1. The first-order chi connectivity index (χ1) is 5.25. The van der Waals surface area contributed by atoms with E-state index in [2.05, 4.69) is 0 Å². The zero-order valence-corrected chi connectivity index (χ0v) is 6.88. The fourth-order valence-electron chi connectivity index (χ4n) is 2.01. The number of ether oxygens (including phenoxy) is 1. The topological polar surface area (TPSA) is 26.3 Å². The number of nitrogens with zero attached hydrogens (tertiary/aromatic N) is 1. The zero-order chi connectivity index (χ0) is 7.90. The molecule has 0 aliphatic carbocycles. The molecule has 1 unspecified atom stereocenters. The van der Waals surface area contributed by atoms with E-state index < -0.39 is 0 Å². The molecule has 3 heteroatoms.